The van der Waals surface area contributed by atoms with Gasteiger partial charge in [-0.05, 0) is 20.3 Å². The maximum absolute atomic E-state index is 11.3. The van der Waals surface area contributed by atoms with Crippen LogP contribution >= 0.6 is 0 Å². The number of ether oxygens (including phenoxy) is 1. The minimum absolute atomic E-state index is 0.162. The Bertz CT molecular complexity index is 319. The second kappa shape index (κ2) is 7.65. The normalized spacial score (nSPS) is 13.5. The smallest absolute Gasteiger partial charge is 0.413 e. The van der Waals surface area contributed by atoms with Crippen molar-refractivity contribution in [2.24, 2.45) is 0 Å². The molecule has 7 heteroatoms. The fourth-order valence-corrected chi connectivity index (χ4v) is 1.37. The highest BCUT2D eigenvalue weighted by atomic mass is 16.5. The van der Waals surface area contributed by atoms with E-state index in [0.29, 0.717) is 12.8 Å². The van der Waals surface area contributed by atoms with E-state index in [1.54, 1.807) is 6.92 Å². The molecule has 3 N–H and O–H groups in total. The molecule has 0 rings (SSSR count). The lowest BCUT2D eigenvalue weighted by Crippen LogP contribution is -2.53. The van der Waals surface area contributed by atoms with Gasteiger partial charge in [-0.25, -0.2) is 4.79 Å². The summed E-state index contributed by atoms with van der Waals surface area (Å²) in [5.41, 5.74) is -1.18. The molecule has 0 radical (unpaired) electrons. The van der Waals surface area contributed by atoms with Gasteiger partial charge in [0, 0.05) is 0 Å². The van der Waals surface area contributed by atoms with E-state index in [9.17, 15) is 14.4 Å². The van der Waals surface area contributed by atoms with Crippen LogP contribution < -0.4 is 10.6 Å². The van der Waals surface area contributed by atoms with E-state index in [1.165, 1.54) is 6.92 Å². The minimum atomic E-state index is -1.18. The summed E-state index contributed by atoms with van der Waals surface area (Å²) in [4.78, 5) is 33.3. The average Bonchev–Trinajstić information content (AvgIpc) is 2.27. The zero-order valence-corrected chi connectivity index (χ0v) is 10.9. The van der Waals surface area contributed by atoms with Crippen molar-refractivity contribution in [2.45, 2.75) is 39.2 Å². The number of carbonyl (C=O) groups is 3. The van der Waals surface area contributed by atoms with E-state index < -0.39 is 23.5 Å². The van der Waals surface area contributed by atoms with E-state index in [1.807, 2.05) is 12.2 Å². The van der Waals surface area contributed by atoms with E-state index in [-0.39, 0.29) is 13.2 Å². The van der Waals surface area contributed by atoms with Gasteiger partial charge < -0.3 is 9.84 Å². The van der Waals surface area contributed by atoms with Crippen LogP contribution in [0.5, 0.6) is 0 Å². The Labute approximate surface area is 106 Å². The Morgan fingerprint density at radius 3 is 2.33 bits per heavy atom. The van der Waals surface area contributed by atoms with Gasteiger partial charge in [-0.15, -0.1) is 0 Å². The number of hydrogen-bond donors (Lipinski definition) is 3. The maximum atomic E-state index is 11.3. The van der Waals surface area contributed by atoms with Crippen LogP contribution in [0, 0.1) is 0 Å². The summed E-state index contributed by atoms with van der Waals surface area (Å²) in [6.07, 6.45) is 0.210. The van der Waals surface area contributed by atoms with Gasteiger partial charge in [0.1, 0.15) is 5.54 Å². The van der Waals surface area contributed by atoms with Gasteiger partial charge >= 0.3 is 12.1 Å². The molecule has 0 saturated carbocycles. The molecule has 0 bridgehead atoms. The Balaban J connectivity index is 4.24. The summed E-state index contributed by atoms with van der Waals surface area (Å²) in [6.45, 7) is 4.86. The molecule has 0 spiro atoms. The third-order valence-corrected chi connectivity index (χ3v) is 2.38. The molecule has 0 aromatic rings. The summed E-state index contributed by atoms with van der Waals surface area (Å²) in [7, 11) is 0. The average molecular weight is 260 g/mol. The molecule has 0 aromatic heterocycles. The summed E-state index contributed by atoms with van der Waals surface area (Å²) < 4.78 is 4.52. The first kappa shape index (κ1) is 16.4. The first-order valence-corrected chi connectivity index (χ1v) is 5.80. The number of aliphatic carboxylic acids is 1. The second-order valence-corrected chi connectivity index (χ2v) is 4.01. The maximum Gasteiger partial charge on any atom is 0.413 e. The predicted molar refractivity (Wildman–Crippen MR) is 64.1 cm³/mol. The number of carbonyl (C=O) groups excluding carboxylic acids is 2. The van der Waals surface area contributed by atoms with Crippen molar-refractivity contribution in [3.63, 3.8) is 0 Å². The molecule has 0 aromatic carbocycles. The Morgan fingerprint density at radius 1 is 1.28 bits per heavy atom. The summed E-state index contributed by atoms with van der Waals surface area (Å²) in [5.74, 6) is -1.66. The summed E-state index contributed by atoms with van der Waals surface area (Å²) >= 11 is 0. The van der Waals surface area contributed by atoms with Crippen molar-refractivity contribution in [2.75, 3.05) is 13.2 Å². The van der Waals surface area contributed by atoms with Gasteiger partial charge in [-0.3, -0.25) is 20.2 Å². The van der Waals surface area contributed by atoms with E-state index in [0.717, 1.165) is 0 Å². The molecule has 1 unspecified atom stereocenters. The molecule has 2 amide bonds. The van der Waals surface area contributed by atoms with Crippen LogP contribution in [0.1, 0.15) is 33.6 Å². The SMILES string of the molecule is CCCC(C)(NCC(=O)NC(=O)OCC)C(=O)O. The van der Waals surface area contributed by atoms with Crippen molar-refractivity contribution in [1.29, 1.82) is 0 Å². The van der Waals surface area contributed by atoms with Crippen molar-refractivity contribution in [1.82, 2.24) is 10.6 Å². The van der Waals surface area contributed by atoms with Crippen LogP contribution in [-0.4, -0.2) is 41.8 Å². The molecular formula is C11H20N2O5. The quantitative estimate of drug-likeness (QED) is 0.615. The van der Waals surface area contributed by atoms with E-state index in [4.69, 9.17) is 5.11 Å². The highest BCUT2D eigenvalue weighted by molar-refractivity contribution is 5.93. The van der Waals surface area contributed by atoms with Crippen molar-refractivity contribution < 1.29 is 24.2 Å². The Hall–Kier alpha value is -1.63. The van der Waals surface area contributed by atoms with Crippen LogP contribution in [-0.2, 0) is 14.3 Å². The van der Waals surface area contributed by atoms with E-state index >= 15 is 0 Å². The molecular weight excluding hydrogens is 240 g/mol. The highest BCUT2D eigenvalue weighted by Crippen LogP contribution is 2.11. The number of carboxylic acids is 1. The predicted octanol–water partition coefficient (Wildman–Crippen LogP) is 0.492. The lowest BCUT2D eigenvalue weighted by molar-refractivity contribution is -0.144. The number of alkyl carbamates (subject to hydrolysis) is 1. The van der Waals surface area contributed by atoms with Gasteiger partial charge in [0.25, 0.3) is 0 Å². The number of amides is 2. The molecule has 0 saturated heterocycles. The Kier molecular flexibility index (Phi) is 6.96. The van der Waals surface area contributed by atoms with Gasteiger partial charge in [0.05, 0.1) is 13.2 Å². The highest BCUT2D eigenvalue weighted by Gasteiger charge is 2.32. The number of rotatable bonds is 7. The zero-order valence-electron chi connectivity index (χ0n) is 10.9. The van der Waals surface area contributed by atoms with Crippen LogP contribution in [0.2, 0.25) is 0 Å². The molecule has 0 aliphatic heterocycles. The van der Waals surface area contributed by atoms with Crippen molar-refractivity contribution in [3.05, 3.63) is 0 Å². The van der Waals surface area contributed by atoms with Gasteiger partial charge in [0.15, 0.2) is 0 Å². The molecule has 7 nitrogen and oxygen atoms in total. The number of nitrogens with one attached hydrogen (secondary N) is 2. The molecule has 0 heterocycles. The van der Waals surface area contributed by atoms with Gasteiger partial charge in [0.2, 0.25) is 5.91 Å². The lowest BCUT2D eigenvalue weighted by atomic mass is 9.96. The van der Waals surface area contributed by atoms with Gasteiger partial charge in [-0.2, -0.15) is 0 Å². The third kappa shape index (κ3) is 5.62. The van der Waals surface area contributed by atoms with Crippen molar-refractivity contribution in [3.8, 4) is 0 Å². The van der Waals surface area contributed by atoms with Crippen LogP contribution in [0.3, 0.4) is 0 Å². The zero-order chi connectivity index (χ0) is 14.2. The van der Waals surface area contributed by atoms with Crippen molar-refractivity contribution >= 4 is 18.0 Å². The molecule has 0 aliphatic rings. The van der Waals surface area contributed by atoms with Crippen LogP contribution in [0.15, 0.2) is 0 Å². The second-order valence-electron chi connectivity index (χ2n) is 4.01. The van der Waals surface area contributed by atoms with Crippen LogP contribution in [0.25, 0.3) is 0 Å². The lowest BCUT2D eigenvalue weighted by Gasteiger charge is -2.25. The fourth-order valence-electron chi connectivity index (χ4n) is 1.37. The van der Waals surface area contributed by atoms with Crippen LogP contribution in [0.4, 0.5) is 4.79 Å². The van der Waals surface area contributed by atoms with Gasteiger partial charge in [-0.1, -0.05) is 13.3 Å². The first-order chi connectivity index (χ1) is 8.35. The molecule has 104 valence electrons. The monoisotopic (exact) mass is 260 g/mol. The molecule has 18 heavy (non-hydrogen) atoms. The number of hydrogen-bond acceptors (Lipinski definition) is 5. The largest absolute Gasteiger partial charge is 0.480 e. The number of imide groups is 1. The minimum Gasteiger partial charge on any atom is -0.480 e. The molecule has 0 aliphatic carbocycles. The summed E-state index contributed by atoms with van der Waals surface area (Å²) in [5, 5.41) is 13.7. The standard InChI is InChI=1S/C11H20N2O5/c1-4-6-11(3,9(15)16)12-7-8(14)13-10(17)18-5-2/h12H,4-7H2,1-3H3,(H,15,16)(H,13,14,17). The molecule has 1 atom stereocenters. The molecule has 0 fully saturated rings. The Morgan fingerprint density at radius 2 is 1.89 bits per heavy atom. The topological polar surface area (TPSA) is 105 Å². The third-order valence-electron chi connectivity index (χ3n) is 2.38. The summed E-state index contributed by atoms with van der Waals surface area (Å²) in [6, 6.07) is 0. The fraction of sp³-hybridized carbons (Fsp3) is 0.727. The first-order valence-electron chi connectivity index (χ1n) is 5.80. The number of carboxylic acid groups (broad SMARTS) is 1. The van der Waals surface area contributed by atoms with E-state index in [2.05, 4.69) is 10.1 Å².